The highest BCUT2D eigenvalue weighted by atomic mass is 32.2. The summed E-state index contributed by atoms with van der Waals surface area (Å²) in [7, 11) is 0. The number of aliphatic hydroxyl groups is 1. The van der Waals surface area contributed by atoms with Gasteiger partial charge in [-0.25, -0.2) is 4.79 Å². The van der Waals surface area contributed by atoms with Crippen molar-refractivity contribution in [2.45, 2.75) is 49.2 Å². The van der Waals surface area contributed by atoms with Crippen LogP contribution < -0.4 is 4.74 Å². The number of benzene rings is 3. The summed E-state index contributed by atoms with van der Waals surface area (Å²) >= 11 is 1.60. The van der Waals surface area contributed by atoms with Crippen LogP contribution in [-0.4, -0.2) is 46.1 Å². The first-order chi connectivity index (χ1) is 16.3. The van der Waals surface area contributed by atoms with Gasteiger partial charge >= 0.3 is 6.09 Å². The molecule has 3 aromatic rings. The standard InChI is InChI=1S/C28H31NO4S/c1-28(2,3)33-27(31)29-17-24(30)26(18-29)34-25-12-8-7-11-23(25)21-13-15-22(16-14-21)32-19-20-9-5-4-6-10-20/h4-16,24,26,30H,17-19H2,1-3H3. The molecule has 1 N–H and O–H groups in total. The maximum absolute atomic E-state index is 12.4. The maximum Gasteiger partial charge on any atom is 0.410 e. The Morgan fingerprint density at radius 3 is 2.35 bits per heavy atom. The molecule has 3 aromatic carbocycles. The van der Waals surface area contributed by atoms with Crippen LogP contribution in [0.4, 0.5) is 4.79 Å². The molecule has 0 aromatic heterocycles. The molecule has 6 heteroatoms. The zero-order valence-corrected chi connectivity index (χ0v) is 20.6. The number of nitrogens with zero attached hydrogens (tertiary/aromatic N) is 1. The summed E-state index contributed by atoms with van der Waals surface area (Å²) < 4.78 is 11.4. The number of hydrogen-bond donors (Lipinski definition) is 1. The minimum absolute atomic E-state index is 0.123. The Bertz CT molecular complexity index is 1100. The summed E-state index contributed by atoms with van der Waals surface area (Å²) in [4.78, 5) is 15.1. The van der Waals surface area contributed by atoms with E-state index in [-0.39, 0.29) is 17.9 Å². The number of carbonyl (C=O) groups is 1. The van der Waals surface area contributed by atoms with Crippen LogP contribution in [0.1, 0.15) is 26.3 Å². The Morgan fingerprint density at radius 2 is 1.65 bits per heavy atom. The van der Waals surface area contributed by atoms with Crippen molar-refractivity contribution in [2.24, 2.45) is 0 Å². The number of β-amino-alcohol motifs (C(OH)–C–C–N with tert-alkyl or cyclic N) is 1. The fraction of sp³-hybridized carbons (Fsp3) is 0.321. The van der Waals surface area contributed by atoms with Crippen molar-refractivity contribution in [3.8, 4) is 16.9 Å². The van der Waals surface area contributed by atoms with E-state index in [1.807, 2.05) is 75.4 Å². The molecule has 4 rings (SSSR count). The van der Waals surface area contributed by atoms with E-state index in [4.69, 9.17) is 9.47 Å². The van der Waals surface area contributed by atoms with Crippen LogP contribution in [0.5, 0.6) is 5.75 Å². The highest BCUT2D eigenvalue weighted by Crippen LogP contribution is 2.37. The minimum atomic E-state index is -0.612. The molecule has 1 saturated heterocycles. The van der Waals surface area contributed by atoms with Crippen LogP contribution in [0.25, 0.3) is 11.1 Å². The maximum atomic E-state index is 12.4. The summed E-state index contributed by atoms with van der Waals surface area (Å²) in [5.41, 5.74) is 2.73. The fourth-order valence-corrected chi connectivity index (χ4v) is 5.08. The SMILES string of the molecule is CC(C)(C)OC(=O)N1CC(O)C(Sc2ccccc2-c2ccc(OCc3ccccc3)cc2)C1. The van der Waals surface area contributed by atoms with Gasteiger partial charge in [0, 0.05) is 11.4 Å². The van der Waals surface area contributed by atoms with Crippen molar-refractivity contribution >= 4 is 17.9 Å². The summed E-state index contributed by atoms with van der Waals surface area (Å²) in [5.74, 6) is 0.817. The first kappa shape index (κ1) is 24.2. The molecule has 0 saturated carbocycles. The Kier molecular flexibility index (Phi) is 7.49. The van der Waals surface area contributed by atoms with Gasteiger partial charge in [0.05, 0.1) is 17.9 Å². The summed E-state index contributed by atoms with van der Waals surface area (Å²) in [5, 5.41) is 10.5. The van der Waals surface area contributed by atoms with Gasteiger partial charge in [0.1, 0.15) is 18.0 Å². The number of aliphatic hydroxyl groups excluding tert-OH is 1. The van der Waals surface area contributed by atoms with Crippen molar-refractivity contribution in [3.63, 3.8) is 0 Å². The minimum Gasteiger partial charge on any atom is -0.489 e. The van der Waals surface area contributed by atoms with Crippen LogP contribution in [0.15, 0.2) is 83.8 Å². The van der Waals surface area contributed by atoms with Crippen molar-refractivity contribution in [2.75, 3.05) is 13.1 Å². The first-order valence-electron chi connectivity index (χ1n) is 11.5. The average Bonchev–Trinajstić information content (AvgIpc) is 3.18. The topological polar surface area (TPSA) is 59.0 Å². The predicted octanol–water partition coefficient (Wildman–Crippen LogP) is 6.00. The molecule has 1 fully saturated rings. The summed E-state index contributed by atoms with van der Waals surface area (Å²) in [6, 6.07) is 26.3. The number of ether oxygens (including phenoxy) is 2. The lowest BCUT2D eigenvalue weighted by Crippen LogP contribution is -2.35. The van der Waals surface area contributed by atoms with Crippen LogP contribution in [0.2, 0.25) is 0 Å². The van der Waals surface area contributed by atoms with E-state index in [0.29, 0.717) is 13.2 Å². The van der Waals surface area contributed by atoms with Crippen molar-refractivity contribution in [1.82, 2.24) is 4.90 Å². The van der Waals surface area contributed by atoms with Gasteiger partial charge in [-0.3, -0.25) is 0 Å². The summed E-state index contributed by atoms with van der Waals surface area (Å²) in [6.07, 6.45) is -0.992. The number of hydrogen-bond acceptors (Lipinski definition) is 5. The van der Waals surface area contributed by atoms with E-state index >= 15 is 0 Å². The predicted molar refractivity (Wildman–Crippen MR) is 136 cm³/mol. The number of carbonyl (C=O) groups excluding carboxylic acids is 1. The van der Waals surface area contributed by atoms with Gasteiger partial charge in [-0.2, -0.15) is 0 Å². The normalized spacial score (nSPS) is 18.1. The Labute approximate surface area is 205 Å². The molecule has 178 valence electrons. The highest BCUT2D eigenvalue weighted by molar-refractivity contribution is 8.00. The van der Waals surface area contributed by atoms with Gasteiger partial charge in [-0.1, -0.05) is 60.7 Å². The second-order valence-electron chi connectivity index (χ2n) is 9.40. The average molecular weight is 478 g/mol. The largest absolute Gasteiger partial charge is 0.489 e. The molecule has 0 radical (unpaired) electrons. The zero-order valence-electron chi connectivity index (χ0n) is 19.8. The molecule has 0 aliphatic carbocycles. The molecule has 34 heavy (non-hydrogen) atoms. The fourth-order valence-electron chi connectivity index (χ4n) is 3.79. The smallest absolute Gasteiger partial charge is 0.410 e. The van der Waals surface area contributed by atoms with E-state index in [1.54, 1.807) is 16.7 Å². The molecule has 5 nitrogen and oxygen atoms in total. The summed E-state index contributed by atoms with van der Waals surface area (Å²) in [6.45, 7) is 6.79. The van der Waals surface area contributed by atoms with E-state index in [1.165, 1.54) is 0 Å². The number of thioether (sulfide) groups is 1. The third-order valence-electron chi connectivity index (χ3n) is 5.47. The van der Waals surface area contributed by atoms with E-state index in [9.17, 15) is 9.90 Å². The lowest BCUT2D eigenvalue weighted by molar-refractivity contribution is 0.0270. The molecular formula is C28H31NO4S. The van der Waals surface area contributed by atoms with Gasteiger partial charge in [0.2, 0.25) is 0 Å². The second-order valence-corrected chi connectivity index (χ2v) is 10.7. The third kappa shape index (κ3) is 6.33. The van der Waals surface area contributed by atoms with E-state index < -0.39 is 11.7 Å². The highest BCUT2D eigenvalue weighted by Gasteiger charge is 2.37. The number of amides is 1. The van der Waals surface area contributed by atoms with E-state index in [0.717, 1.165) is 27.3 Å². The zero-order chi connectivity index (χ0) is 24.1. The van der Waals surface area contributed by atoms with Gasteiger partial charge in [0.15, 0.2) is 0 Å². The lowest BCUT2D eigenvalue weighted by atomic mass is 10.1. The molecule has 1 amide bonds. The Balaban J connectivity index is 1.42. The molecule has 1 aliphatic heterocycles. The van der Waals surface area contributed by atoms with Gasteiger partial charge < -0.3 is 19.5 Å². The van der Waals surface area contributed by atoms with Gasteiger partial charge in [-0.15, -0.1) is 11.8 Å². The molecule has 1 aliphatic rings. The monoisotopic (exact) mass is 477 g/mol. The van der Waals surface area contributed by atoms with Crippen molar-refractivity contribution in [3.05, 3.63) is 84.4 Å². The molecular weight excluding hydrogens is 446 g/mol. The third-order valence-corrected chi connectivity index (χ3v) is 6.84. The Morgan fingerprint density at radius 1 is 0.971 bits per heavy atom. The molecule has 2 unspecified atom stereocenters. The molecule has 0 spiro atoms. The lowest BCUT2D eigenvalue weighted by Gasteiger charge is -2.24. The van der Waals surface area contributed by atoms with Crippen molar-refractivity contribution < 1.29 is 19.4 Å². The Hall–Kier alpha value is -2.96. The van der Waals surface area contributed by atoms with Crippen LogP contribution in [0.3, 0.4) is 0 Å². The molecule has 1 heterocycles. The molecule has 0 bridgehead atoms. The number of likely N-dealkylation sites (tertiary alicyclic amines) is 1. The molecule has 2 atom stereocenters. The van der Waals surface area contributed by atoms with E-state index in [2.05, 4.69) is 24.3 Å². The van der Waals surface area contributed by atoms with Gasteiger partial charge in [0.25, 0.3) is 0 Å². The second kappa shape index (κ2) is 10.5. The van der Waals surface area contributed by atoms with Crippen LogP contribution in [-0.2, 0) is 11.3 Å². The van der Waals surface area contributed by atoms with Crippen molar-refractivity contribution in [1.29, 1.82) is 0 Å². The first-order valence-corrected chi connectivity index (χ1v) is 12.4. The number of rotatable bonds is 6. The quantitative estimate of drug-likeness (QED) is 0.472. The van der Waals surface area contributed by atoms with Gasteiger partial charge in [-0.05, 0) is 55.7 Å². The van der Waals surface area contributed by atoms with Crippen LogP contribution >= 0.6 is 11.8 Å². The van der Waals surface area contributed by atoms with Crippen LogP contribution in [0, 0.1) is 0 Å².